The summed E-state index contributed by atoms with van der Waals surface area (Å²) in [6.07, 6.45) is 0. The van der Waals surface area contributed by atoms with Crippen LogP contribution in [-0.4, -0.2) is 28.6 Å². The highest BCUT2D eigenvalue weighted by molar-refractivity contribution is 6.36. The van der Waals surface area contributed by atoms with Gasteiger partial charge < -0.3 is 15.5 Å². The third-order valence-corrected chi connectivity index (χ3v) is 2.18. The van der Waals surface area contributed by atoms with Crippen molar-refractivity contribution < 1.29 is 19.8 Å². The molecular weight excluding hydrogens is 257 g/mol. The highest BCUT2D eigenvalue weighted by Gasteiger charge is 2.15. The van der Waals surface area contributed by atoms with E-state index in [-0.39, 0.29) is 15.6 Å². The Bertz CT molecular complexity index is 447. The lowest BCUT2D eigenvalue weighted by Crippen LogP contribution is -2.29. The Labute approximate surface area is 101 Å². The van der Waals surface area contributed by atoms with Crippen molar-refractivity contribution >= 4 is 35.1 Å². The van der Waals surface area contributed by atoms with Gasteiger partial charge in [0.2, 0.25) is 0 Å². The van der Waals surface area contributed by atoms with Crippen LogP contribution in [0.5, 0.6) is 5.75 Å². The third-order valence-electron chi connectivity index (χ3n) is 1.67. The lowest BCUT2D eigenvalue weighted by molar-refractivity contribution is -0.135. The van der Waals surface area contributed by atoms with Crippen molar-refractivity contribution in [3.8, 4) is 5.75 Å². The van der Waals surface area contributed by atoms with E-state index >= 15 is 0 Å². The van der Waals surface area contributed by atoms with E-state index in [1.165, 1.54) is 12.1 Å². The number of carbonyl (C=O) groups excluding carboxylic acids is 1. The average molecular weight is 264 g/mol. The topological polar surface area (TPSA) is 86.6 Å². The Morgan fingerprint density at radius 2 is 1.94 bits per heavy atom. The summed E-state index contributed by atoms with van der Waals surface area (Å²) in [6.45, 7) is -0.553. The molecule has 5 nitrogen and oxygen atoms in total. The molecule has 0 unspecified atom stereocenters. The molecule has 0 heterocycles. The van der Waals surface area contributed by atoms with Crippen LogP contribution < -0.4 is 5.32 Å². The van der Waals surface area contributed by atoms with Crippen LogP contribution in [0.1, 0.15) is 10.4 Å². The van der Waals surface area contributed by atoms with Crippen LogP contribution in [0.25, 0.3) is 0 Å². The van der Waals surface area contributed by atoms with Crippen molar-refractivity contribution in [2.24, 2.45) is 0 Å². The normalized spacial score (nSPS) is 9.88. The van der Waals surface area contributed by atoms with E-state index in [0.29, 0.717) is 0 Å². The highest BCUT2D eigenvalue weighted by atomic mass is 35.5. The summed E-state index contributed by atoms with van der Waals surface area (Å²) in [5, 5.41) is 20.0. The van der Waals surface area contributed by atoms with E-state index in [1.807, 2.05) is 0 Å². The maximum absolute atomic E-state index is 11.4. The van der Waals surface area contributed by atoms with Gasteiger partial charge in [0.1, 0.15) is 12.3 Å². The number of benzene rings is 1. The Morgan fingerprint density at radius 3 is 2.50 bits per heavy atom. The lowest BCUT2D eigenvalue weighted by Gasteiger charge is -2.06. The van der Waals surface area contributed by atoms with Gasteiger partial charge in [-0.3, -0.25) is 9.59 Å². The molecule has 0 aliphatic carbocycles. The second-order valence-corrected chi connectivity index (χ2v) is 3.70. The predicted molar refractivity (Wildman–Crippen MR) is 58.1 cm³/mol. The number of amides is 1. The standard InChI is InChI=1S/C9H7Cl2NO4/c10-4-1-5(8(15)6(11)2-4)9(16)12-3-7(13)14/h1-2,15H,3H2,(H,12,16)(H,13,14). The van der Waals surface area contributed by atoms with E-state index in [1.54, 1.807) is 0 Å². The first-order valence-electron chi connectivity index (χ1n) is 4.10. The zero-order valence-corrected chi connectivity index (χ0v) is 9.34. The van der Waals surface area contributed by atoms with E-state index in [4.69, 9.17) is 28.3 Å². The number of carboxylic acids is 1. The summed E-state index contributed by atoms with van der Waals surface area (Å²) in [6, 6.07) is 2.46. The van der Waals surface area contributed by atoms with E-state index in [9.17, 15) is 14.7 Å². The molecular formula is C9H7Cl2NO4. The molecule has 0 radical (unpaired) electrons. The summed E-state index contributed by atoms with van der Waals surface area (Å²) in [5.74, 6) is -2.39. The summed E-state index contributed by atoms with van der Waals surface area (Å²) in [7, 11) is 0. The minimum Gasteiger partial charge on any atom is -0.506 e. The first-order chi connectivity index (χ1) is 7.41. The van der Waals surface area contributed by atoms with Gasteiger partial charge in [-0.2, -0.15) is 0 Å². The van der Waals surface area contributed by atoms with Gasteiger partial charge in [0, 0.05) is 5.02 Å². The van der Waals surface area contributed by atoms with Crippen LogP contribution in [0.4, 0.5) is 0 Å². The van der Waals surface area contributed by atoms with Crippen molar-refractivity contribution in [3.63, 3.8) is 0 Å². The molecule has 86 valence electrons. The fraction of sp³-hybridized carbons (Fsp3) is 0.111. The maximum atomic E-state index is 11.4. The first kappa shape index (κ1) is 12.6. The number of rotatable bonds is 3. The summed E-state index contributed by atoms with van der Waals surface area (Å²) in [5.41, 5.74) is -0.168. The van der Waals surface area contributed by atoms with Crippen LogP contribution in [0.15, 0.2) is 12.1 Å². The zero-order chi connectivity index (χ0) is 12.3. The predicted octanol–water partition coefficient (Wildman–Crippen LogP) is 1.51. The van der Waals surface area contributed by atoms with Crippen molar-refractivity contribution in [2.45, 2.75) is 0 Å². The molecule has 0 aliphatic heterocycles. The van der Waals surface area contributed by atoms with E-state index < -0.39 is 24.2 Å². The van der Waals surface area contributed by atoms with E-state index in [2.05, 4.69) is 5.32 Å². The molecule has 0 aliphatic rings. The first-order valence-corrected chi connectivity index (χ1v) is 4.85. The molecule has 0 aromatic heterocycles. The minimum atomic E-state index is -1.19. The Hall–Kier alpha value is -1.46. The van der Waals surface area contributed by atoms with Crippen molar-refractivity contribution in [1.82, 2.24) is 5.32 Å². The molecule has 0 spiro atoms. The van der Waals surface area contributed by atoms with Crippen molar-refractivity contribution in [1.29, 1.82) is 0 Å². The van der Waals surface area contributed by atoms with Gasteiger partial charge in [-0.15, -0.1) is 0 Å². The number of nitrogens with one attached hydrogen (secondary N) is 1. The van der Waals surface area contributed by atoms with Crippen LogP contribution in [-0.2, 0) is 4.79 Å². The summed E-state index contributed by atoms with van der Waals surface area (Å²) < 4.78 is 0. The van der Waals surface area contributed by atoms with Gasteiger partial charge in [0.25, 0.3) is 5.91 Å². The zero-order valence-electron chi connectivity index (χ0n) is 7.83. The largest absolute Gasteiger partial charge is 0.506 e. The van der Waals surface area contributed by atoms with Gasteiger partial charge in [0.15, 0.2) is 0 Å². The number of hydrogen-bond donors (Lipinski definition) is 3. The molecule has 0 saturated carbocycles. The fourth-order valence-corrected chi connectivity index (χ4v) is 1.48. The lowest BCUT2D eigenvalue weighted by atomic mass is 10.2. The van der Waals surface area contributed by atoms with Gasteiger partial charge >= 0.3 is 5.97 Å². The summed E-state index contributed by atoms with van der Waals surface area (Å²) >= 11 is 11.2. The molecule has 1 aromatic carbocycles. The Kier molecular flexibility index (Phi) is 3.98. The van der Waals surface area contributed by atoms with Crippen molar-refractivity contribution in [2.75, 3.05) is 6.54 Å². The quantitative estimate of drug-likeness (QED) is 0.772. The van der Waals surface area contributed by atoms with Crippen molar-refractivity contribution in [3.05, 3.63) is 27.7 Å². The molecule has 16 heavy (non-hydrogen) atoms. The Balaban J connectivity index is 2.95. The van der Waals surface area contributed by atoms with Crippen LogP contribution >= 0.6 is 23.2 Å². The number of aromatic hydroxyl groups is 1. The van der Waals surface area contributed by atoms with Gasteiger partial charge in [-0.05, 0) is 12.1 Å². The molecule has 0 atom stereocenters. The number of halogens is 2. The summed E-state index contributed by atoms with van der Waals surface area (Å²) in [4.78, 5) is 21.6. The molecule has 0 bridgehead atoms. The molecule has 0 fully saturated rings. The molecule has 1 aromatic rings. The van der Waals surface area contributed by atoms with Crippen LogP contribution in [0.3, 0.4) is 0 Å². The van der Waals surface area contributed by atoms with E-state index in [0.717, 1.165) is 0 Å². The number of phenols is 1. The number of carboxylic acid groups (broad SMARTS) is 1. The number of aliphatic carboxylic acids is 1. The molecule has 1 rings (SSSR count). The van der Waals surface area contributed by atoms with Gasteiger partial charge in [-0.25, -0.2) is 0 Å². The van der Waals surface area contributed by atoms with Crippen LogP contribution in [0.2, 0.25) is 10.0 Å². The number of carbonyl (C=O) groups is 2. The average Bonchev–Trinajstić information content (AvgIpc) is 2.19. The number of phenolic OH excluding ortho intramolecular Hbond substituents is 1. The minimum absolute atomic E-state index is 0.0759. The molecule has 7 heteroatoms. The Morgan fingerprint density at radius 1 is 1.31 bits per heavy atom. The van der Waals surface area contributed by atoms with Gasteiger partial charge in [0.05, 0.1) is 10.6 Å². The molecule has 3 N–H and O–H groups in total. The molecule has 1 amide bonds. The SMILES string of the molecule is O=C(O)CNC(=O)c1cc(Cl)cc(Cl)c1O. The fourth-order valence-electron chi connectivity index (χ4n) is 0.990. The monoisotopic (exact) mass is 263 g/mol. The third kappa shape index (κ3) is 3.01. The maximum Gasteiger partial charge on any atom is 0.322 e. The number of hydrogen-bond acceptors (Lipinski definition) is 3. The smallest absolute Gasteiger partial charge is 0.322 e. The molecule has 0 saturated heterocycles. The van der Waals surface area contributed by atoms with Crippen LogP contribution in [0, 0.1) is 0 Å². The second kappa shape index (κ2) is 5.05. The highest BCUT2D eigenvalue weighted by Crippen LogP contribution is 2.30. The van der Waals surface area contributed by atoms with Gasteiger partial charge in [-0.1, -0.05) is 23.2 Å². The second-order valence-electron chi connectivity index (χ2n) is 2.86.